The predicted molar refractivity (Wildman–Crippen MR) is 121 cm³/mol. The highest BCUT2D eigenvalue weighted by Gasteiger charge is 2.55. The van der Waals surface area contributed by atoms with Crippen LogP contribution in [-0.2, 0) is 4.79 Å². The summed E-state index contributed by atoms with van der Waals surface area (Å²) in [6, 6.07) is 5.92. The normalized spacial score (nSPS) is 28.5. The number of benzene rings is 1. The molecular weight excluding hydrogens is 408 g/mol. The fraction of sp³-hybridized carbons (Fsp3) is 0.619. The Morgan fingerprint density at radius 3 is 2.71 bits per heavy atom. The van der Waals surface area contributed by atoms with E-state index in [0.29, 0.717) is 27.7 Å². The van der Waals surface area contributed by atoms with Crippen LogP contribution >= 0.6 is 34.9 Å². The first-order valence-electron chi connectivity index (χ1n) is 10.3. The molecule has 5 rings (SSSR count). The topological polar surface area (TPSA) is 51.2 Å². The van der Waals surface area contributed by atoms with Crippen LogP contribution in [0.25, 0.3) is 10.2 Å². The molecule has 1 aromatic heterocycles. The summed E-state index contributed by atoms with van der Waals surface area (Å²) >= 11 is 5.92. The molecule has 1 amide bonds. The number of fused-ring (bicyclic) bond motifs is 1. The van der Waals surface area contributed by atoms with Crippen LogP contribution in [0.4, 0.5) is 5.13 Å². The van der Waals surface area contributed by atoms with Gasteiger partial charge in [-0.15, -0.1) is 23.5 Å². The van der Waals surface area contributed by atoms with E-state index < -0.39 is 0 Å². The SMILES string of the molecule is CCOc1ccc2nc(NC(=O)C3CC4CCCC(C3)C43SCCS3)sc2c1. The lowest BCUT2D eigenvalue weighted by Crippen LogP contribution is -2.48. The molecular formula is C21H26N2O2S3. The average molecular weight is 435 g/mol. The fourth-order valence-electron chi connectivity index (χ4n) is 5.25. The van der Waals surface area contributed by atoms with Crippen LogP contribution in [0.1, 0.15) is 39.0 Å². The van der Waals surface area contributed by atoms with E-state index in [1.54, 1.807) is 0 Å². The molecule has 28 heavy (non-hydrogen) atoms. The summed E-state index contributed by atoms with van der Waals surface area (Å²) in [6.45, 7) is 2.63. The van der Waals surface area contributed by atoms with E-state index in [-0.39, 0.29) is 11.8 Å². The van der Waals surface area contributed by atoms with Gasteiger partial charge in [0.15, 0.2) is 5.13 Å². The maximum absolute atomic E-state index is 13.1. The average Bonchev–Trinajstić information content (AvgIpc) is 3.28. The van der Waals surface area contributed by atoms with Crippen molar-refractivity contribution in [3.05, 3.63) is 18.2 Å². The first-order chi connectivity index (χ1) is 13.7. The Morgan fingerprint density at radius 2 is 2.00 bits per heavy atom. The lowest BCUT2D eigenvalue weighted by Gasteiger charge is -2.51. The Kier molecular flexibility index (Phi) is 5.26. The monoisotopic (exact) mass is 434 g/mol. The molecule has 1 aliphatic heterocycles. The van der Waals surface area contributed by atoms with E-state index in [9.17, 15) is 4.79 Å². The number of thioether (sulfide) groups is 2. The van der Waals surface area contributed by atoms with Crippen molar-refractivity contribution in [2.45, 2.75) is 43.1 Å². The molecule has 2 aliphatic carbocycles. The van der Waals surface area contributed by atoms with Crippen molar-refractivity contribution >= 4 is 56.1 Å². The van der Waals surface area contributed by atoms with Crippen molar-refractivity contribution in [1.29, 1.82) is 0 Å². The van der Waals surface area contributed by atoms with Crippen molar-refractivity contribution in [2.24, 2.45) is 17.8 Å². The minimum atomic E-state index is 0.133. The van der Waals surface area contributed by atoms with Crippen LogP contribution in [-0.4, -0.2) is 33.1 Å². The highest BCUT2D eigenvalue weighted by atomic mass is 32.2. The number of hydrogen-bond donors (Lipinski definition) is 1. The molecule has 2 aromatic rings. The van der Waals surface area contributed by atoms with Gasteiger partial charge < -0.3 is 10.1 Å². The number of carbonyl (C=O) groups is 1. The molecule has 7 heteroatoms. The van der Waals surface area contributed by atoms with Gasteiger partial charge in [0, 0.05) is 17.4 Å². The van der Waals surface area contributed by atoms with Gasteiger partial charge in [-0.05, 0) is 62.6 Å². The highest BCUT2D eigenvalue weighted by molar-refractivity contribution is 8.21. The first-order valence-corrected chi connectivity index (χ1v) is 13.1. The zero-order valence-electron chi connectivity index (χ0n) is 16.1. The zero-order valence-corrected chi connectivity index (χ0v) is 18.6. The minimum Gasteiger partial charge on any atom is -0.494 e. The third-order valence-corrected chi connectivity index (χ3v) is 11.3. The summed E-state index contributed by atoms with van der Waals surface area (Å²) in [5.41, 5.74) is 0.918. The third-order valence-electron chi connectivity index (χ3n) is 6.39. The van der Waals surface area contributed by atoms with Crippen LogP contribution in [0, 0.1) is 17.8 Å². The number of nitrogens with one attached hydrogen (secondary N) is 1. The zero-order chi connectivity index (χ0) is 19.1. The van der Waals surface area contributed by atoms with E-state index >= 15 is 0 Å². The van der Waals surface area contributed by atoms with Gasteiger partial charge in [0.25, 0.3) is 0 Å². The summed E-state index contributed by atoms with van der Waals surface area (Å²) in [4.78, 5) is 17.7. The molecule has 4 nitrogen and oxygen atoms in total. The summed E-state index contributed by atoms with van der Waals surface area (Å²) in [6.07, 6.45) is 6.01. The second-order valence-electron chi connectivity index (χ2n) is 7.98. The number of hydrogen-bond acceptors (Lipinski definition) is 6. The lowest BCUT2D eigenvalue weighted by atomic mass is 9.67. The van der Waals surface area contributed by atoms with Gasteiger partial charge >= 0.3 is 0 Å². The molecule has 1 saturated heterocycles. The number of rotatable bonds is 4. The van der Waals surface area contributed by atoms with Gasteiger partial charge in [0.2, 0.25) is 5.91 Å². The Bertz CT molecular complexity index is 862. The van der Waals surface area contributed by atoms with Crippen LogP contribution in [0.15, 0.2) is 18.2 Å². The maximum atomic E-state index is 13.1. The van der Waals surface area contributed by atoms with E-state index in [2.05, 4.69) is 33.8 Å². The van der Waals surface area contributed by atoms with Gasteiger partial charge in [0.05, 0.1) is 20.9 Å². The number of ether oxygens (including phenoxy) is 1. The second kappa shape index (κ2) is 7.73. The van der Waals surface area contributed by atoms with E-state index in [0.717, 1.165) is 28.8 Å². The van der Waals surface area contributed by atoms with Crippen LogP contribution < -0.4 is 10.1 Å². The van der Waals surface area contributed by atoms with Gasteiger partial charge in [-0.25, -0.2) is 4.98 Å². The van der Waals surface area contributed by atoms with Crippen LogP contribution in [0.3, 0.4) is 0 Å². The second-order valence-corrected chi connectivity index (χ2v) is 12.0. The number of thiazole rings is 1. The maximum Gasteiger partial charge on any atom is 0.229 e. The molecule has 150 valence electrons. The summed E-state index contributed by atoms with van der Waals surface area (Å²) in [5, 5.41) is 3.85. The van der Waals surface area contributed by atoms with Crippen molar-refractivity contribution in [2.75, 3.05) is 23.4 Å². The Hall–Kier alpha value is -0.920. The summed E-state index contributed by atoms with van der Waals surface area (Å²) < 4.78 is 7.05. The number of nitrogens with zero attached hydrogens (tertiary/aromatic N) is 1. The van der Waals surface area contributed by atoms with E-state index in [1.165, 1.54) is 42.1 Å². The molecule has 2 unspecified atom stereocenters. The van der Waals surface area contributed by atoms with Crippen LogP contribution in [0.2, 0.25) is 0 Å². The molecule has 3 fully saturated rings. The third kappa shape index (κ3) is 3.33. The Labute approximate surface area is 178 Å². The standard InChI is InChI=1S/C21H26N2O2S3/c1-2-25-16-6-7-17-18(12-16)28-20(22-17)23-19(24)13-10-14-4-3-5-15(11-13)21(14)26-8-9-27-21/h6-7,12-15H,2-5,8-11H2,1H3,(H,22,23,24). The number of carbonyl (C=O) groups excluding carboxylic acids is 1. The smallest absolute Gasteiger partial charge is 0.229 e. The van der Waals surface area contributed by atoms with Gasteiger partial charge in [-0.3, -0.25) is 4.79 Å². The fourth-order valence-corrected chi connectivity index (χ4v) is 10.1. The van der Waals surface area contributed by atoms with Gasteiger partial charge in [-0.2, -0.15) is 0 Å². The van der Waals surface area contributed by atoms with Crippen LogP contribution in [0.5, 0.6) is 5.75 Å². The Morgan fingerprint density at radius 1 is 1.25 bits per heavy atom. The number of anilines is 1. The van der Waals surface area contributed by atoms with Crippen molar-refractivity contribution in [3.63, 3.8) is 0 Å². The largest absolute Gasteiger partial charge is 0.494 e. The molecule has 1 N–H and O–H groups in total. The first kappa shape index (κ1) is 19.1. The summed E-state index contributed by atoms with van der Waals surface area (Å²) in [7, 11) is 0. The van der Waals surface area contributed by atoms with Crippen molar-refractivity contribution in [1.82, 2.24) is 4.98 Å². The quantitative estimate of drug-likeness (QED) is 0.675. The molecule has 1 spiro atoms. The lowest BCUT2D eigenvalue weighted by molar-refractivity contribution is -0.122. The minimum absolute atomic E-state index is 0.133. The Balaban J connectivity index is 1.30. The molecule has 2 bridgehead atoms. The molecule has 0 radical (unpaired) electrons. The predicted octanol–water partition coefficient (Wildman–Crippen LogP) is 5.64. The highest BCUT2D eigenvalue weighted by Crippen LogP contribution is 2.64. The summed E-state index contributed by atoms with van der Waals surface area (Å²) in [5.74, 6) is 5.11. The number of amides is 1. The molecule has 2 atom stereocenters. The molecule has 1 aromatic carbocycles. The number of aromatic nitrogens is 1. The van der Waals surface area contributed by atoms with E-state index in [4.69, 9.17) is 4.74 Å². The van der Waals surface area contributed by atoms with Crippen molar-refractivity contribution in [3.8, 4) is 5.75 Å². The van der Waals surface area contributed by atoms with Gasteiger partial charge in [0.1, 0.15) is 5.75 Å². The molecule has 2 heterocycles. The van der Waals surface area contributed by atoms with E-state index in [1.807, 2.05) is 25.1 Å². The van der Waals surface area contributed by atoms with Crippen molar-refractivity contribution < 1.29 is 9.53 Å². The molecule has 3 aliphatic rings. The van der Waals surface area contributed by atoms with Gasteiger partial charge in [-0.1, -0.05) is 17.8 Å². The molecule has 2 saturated carbocycles.